The Morgan fingerprint density at radius 1 is 1.22 bits per heavy atom. The molecule has 4 nitrogen and oxygen atoms in total. The standard InChI is InChI=1S/C12H12ClNO3S/c13-10-3-1-5-12(9-10)18(15,16)14-7-6-11-4-2-8-17-11/h1-5,8-9,14H,6-7H2. The fraction of sp³-hybridized carbons (Fsp3) is 0.167. The summed E-state index contributed by atoms with van der Waals surface area (Å²) in [5.74, 6) is 0.740. The summed E-state index contributed by atoms with van der Waals surface area (Å²) < 4.78 is 31.4. The Bertz CT molecular complexity index is 608. The van der Waals surface area contributed by atoms with Crippen molar-refractivity contribution in [2.75, 3.05) is 6.54 Å². The summed E-state index contributed by atoms with van der Waals surface area (Å²) >= 11 is 5.76. The number of halogens is 1. The van der Waals surface area contributed by atoms with E-state index in [0.29, 0.717) is 11.4 Å². The van der Waals surface area contributed by atoms with Gasteiger partial charge in [0.15, 0.2) is 0 Å². The molecule has 18 heavy (non-hydrogen) atoms. The van der Waals surface area contributed by atoms with E-state index >= 15 is 0 Å². The van der Waals surface area contributed by atoms with Crippen molar-refractivity contribution in [3.05, 3.63) is 53.4 Å². The largest absolute Gasteiger partial charge is 0.469 e. The van der Waals surface area contributed by atoms with E-state index < -0.39 is 10.0 Å². The first kappa shape index (κ1) is 13.1. The minimum absolute atomic E-state index is 0.162. The van der Waals surface area contributed by atoms with E-state index in [-0.39, 0.29) is 11.4 Å². The summed E-state index contributed by atoms with van der Waals surface area (Å²) in [6, 6.07) is 9.71. The third-order valence-electron chi connectivity index (χ3n) is 2.35. The Labute approximate surface area is 111 Å². The van der Waals surface area contributed by atoms with Gasteiger partial charge in [-0.1, -0.05) is 17.7 Å². The molecule has 0 fully saturated rings. The average Bonchev–Trinajstić information content (AvgIpc) is 2.82. The summed E-state index contributed by atoms with van der Waals surface area (Å²) in [6.45, 7) is 0.280. The smallest absolute Gasteiger partial charge is 0.240 e. The molecule has 1 aromatic heterocycles. The van der Waals surface area contributed by atoms with Crippen LogP contribution in [0, 0.1) is 0 Å². The zero-order chi connectivity index (χ0) is 13.0. The van der Waals surface area contributed by atoms with Gasteiger partial charge < -0.3 is 4.42 Å². The summed E-state index contributed by atoms with van der Waals surface area (Å²) in [7, 11) is -3.51. The summed E-state index contributed by atoms with van der Waals surface area (Å²) in [5, 5.41) is 0.393. The molecule has 0 aliphatic carbocycles. The second-order valence-electron chi connectivity index (χ2n) is 3.68. The van der Waals surface area contributed by atoms with Crippen molar-refractivity contribution >= 4 is 21.6 Å². The second-order valence-corrected chi connectivity index (χ2v) is 5.89. The van der Waals surface area contributed by atoms with E-state index in [2.05, 4.69) is 4.72 Å². The van der Waals surface area contributed by atoms with E-state index in [1.54, 1.807) is 30.5 Å². The maximum Gasteiger partial charge on any atom is 0.240 e. The number of nitrogens with one attached hydrogen (secondary N) is 1. The maximum absolute atomic E-state index is 11.9. The molecule has 2 rings (SSSR count). The fourth-order valence-corrected chi connectivity index (χ4v) is 2.81. The van der Waals surface area contributed by atoms with Crippen molar-refractivity contribution in [3.63, 3.8) is 0 Å². The Hall–Kier alpha value is -1.30. The van der Waals surface area contributed by atoms with Crippen LogP contribution in [0.15, 0.2) is 52.0 Å². The van der Waals surface area contributed by atoms with Crippen molar-refractivity contribution in [1.29, 1.82) is 0 Å². The number of sulfonamides is 1. The average molecular weight is 286 g/mol. The summed E-state index contributed by atoms with van der Waals surface area (Å²) in [6.07, 6.45) is 2.06. The molecule has 0 radical (unpaired) electrons. The first-order valence-corrected chi connectivity index (χ1v) is 7.22. The molecule has 0 saturated heterocycles. The first-order chi connectivity index (χ1) is 8.58. The minimum Gasteiger partial charge on any atom is -0.469 e. The lowest BCUT2D eigenvalue weighted by Crippen LogP contribution is -2.25. The molecule has 0 bridgehead atoms. The van der Waals surface area contributed by atoms with Crippen LogP contribution < -0.4 is 4.72 Å². The quantitative estimate of drug-likeness (QED) is 0.918. The van der Waals surface area contributed by atoms with Crippen LogP contribution in [0.4, 0.5) is 0 Å². The number of rotatable bonds is 5. The van der Waals surface area contributed by atoms with Gasteiger partial charge in [0.1, 0.15) is 5.76 Å². The fourth-order valence-electron chi connectivity index (χ4n) is 1.48. The molecule has 0 amide bonds. The Morgan fingerprint density at radius 2 is 2.06 bits per heavy atom. The predicted molar refractivity (Wildman–Crippen MR) is 69.1 cm³/mol. The molecule has 1 N–H and O–H groups in total. The molecule has 2 aromatic rings. The van der Waals surface area contributed by atoms with Gasteiger partial charge in [-0.05, 0) is 30.3 Å². The number of hydrogen-bond acceptors (Lipinski definition) is 3. The molecule has 0 saturated carbocycles. The number of furan rings is 1. The van der Waals surface area contributed by atoms with Crippen LogP contribution in [0.1, 0.15) is 5.76 Å². The molecule has 0 unspecified atom stereocenters. The molecule has 0 aliphatic heterocycles. The van der Waals surface area contributed by atoms with Gasteiger partial charge >= 0.3 is 0 Å². The normalized spacial score (nSPS) is 11.6. The van der Waals surface area contributed by atoms with E-state index in [4.69, 9.17) is 16.0 Å². The summed E-state index contributed by atoms with van der Waals surface area (Å²) in [4.78, 5) is 0.162. The lowest BCUT2D eigenvalue weighted by molar-refractivity contribution is 0.506. The Morgan fingerprint density at radius 3 is 2.72 bits per heavy atom. The highest BCUT2D eigenvalue weighted by Gasteiger charge is 2.13. The molecule has 1 heterocycles. The molecule has 0 aliphatic rings. The van der Waals surface area contributed by atoms with Crippen molar-refractivity contribution in [2.45, 2.75) is 11.3 Å². The zero-order valence-corrected chi connectivity index (χ0v) is 11.0. The highest BCUT2D eigenvalue weighted by molar-refractivity contribution is 7.89. The SMILES string of the molecule is O=S(=O)(NCCc1ccco1)c1cccc(Cl)c1. The van der Waals surface area contributed by atoms with Crippen LogP contribution in [0.2, 0.25) is 5.02 Å². The summed E-state index contributed by atoms with van der Waals surface area (Å²) in [5.41, 5.74) is 0. The third kappa shape index (κ3) is 3.35. The third-order valence-corrected chi connectivity index (χ3v) is 4.04. The van der Waals surface area contributed by atoms with Crippen LogP contribution in [0.5, 0.6) is 0 Å². The van der Waals surface area contributed by atoms with Crippen LogP contribution in [-0.2, 0) is 16.4 Å². The van der Waals surface area contributed by atoms with E-state index in [1.807, 2.05) is 0 Å². The van der Waals surface area contributed by atoms with Crippen molar-refractivity contribution in [1.82, 2.24) is 4.72 Å². The van der Waals surface area contributed by atoms with Crippen LogP contribution in [-0.4, -0.2) is 15.0 Å². The van der Waals surface area contributed by atoms with Crippen LogP contribution in [0.25, 0.3) is 0 Å². The van der Waals surface area contributed by atoms with Crippen LogP contribution in [0.3, 0.4) is 0 Å². The maximum atomic E-state index is 11.9. The topological polar surface area (TPSA) is 59.3 Å². The van der Waals surface area contributed by atoms with Gasteiger partial charge in [-0.25, -0.2) is 13.1 Å². The van der Waals surface area contributed by atoms with Gasteiger partial charge in [-0.3, -0.25) is 0 Å². The molecule has 96 valence electrons. The van der Waals surface area contributed by atoms with Gasteiger partial charge in [0, 0.05) is 18.0 Å². The second kappa shape index (κ2) is 5.56. The van der Waals surface area contributed by atoms with Crippen molar-refractivity contribution in [2.24, 2.45) is 0 Å². The highest BCUT2D eigenvalue weighted by Crippen LogP contribution is 2.15. The zero-order valence-electron chi connectivity index (χ0n) is 9.47. The van der Waals surface area contributed by atoms with E-state index in [1.165, 1.54) is 12.1 Å². The van der Waals surface area contributed by atoms with E-state index in [9.17, 15) is 8.42 Å². The van der Waals surface area contributed by atoms with E-state index in [0.717, 1.165) is 5.76 Å². The van der Waals surface area contributed by atoms with Gasteiger partial charge in [-0.15, -0.1) is 0 Å². The molecule has 0 spiro atoms. The first-order valence-electron chi connectivity index (χ1n) is 5.35. The molecular formula is C12H12ClNO3S. The van der Waals surface area contributed by atoms with Gasteiger partial charge in [-0.2, -0.15) is 0 Å². The predicted octanol–water partition coefficient (Wildman–Crippen LogP) is 2.45. The van der Waals surface area contributed by atoms with Crippen molar-refractivity contribution < 1.29 is 12.8 Å². The van der Waals surface area contributed by atoms with Gasteiger partial charge in [0.05, 0.1) is 11.2 Å². The highest BCUT2D eigenvalue weighted by atomic mass is 35.5. The molecule has 0 atom stereocenters. The van der Waals surface area contributed by atoms with Crippen molar-refractivity contribution in [3.8, 4) is 0 Å². The lowest BCUT2D eigenvalue weighted by Gasteiger charge is -2.06. The monoisotopic (exact) mass is 285 g/mol. The van der Waals surface area contributed by atoms with Gasteiger partial charge in [0.25, 0.3) is 0 Å². The molecule has 1 aromatic carbocycles. The Balaban J connectivity index is 1.99. The Kier molecular flexibility index (Phi) is 4.06. The number of hydrogen-bond donors (Lipinski definition) is 1. The molecule has 6 heteroatoms. The number of benzene rings is 1. The minimum atomic E-state index is -3.51. The lowest BCUT2D eigenvalue weighted by atomic mass is 10.3. The van der Waals surface area contributed by atoms with Gasteiger partial charge in [0.2, 0.25) is 10.0 Å². The van der Waals surface area contributed by atoms with Crippen LogP contribution >= 0.6 is 11.6 Å². The molecular weight excluding hydrogens is 274 g/mol.